The highest BCUT2D eigenvalue weighted by atomic mass is 16.1. The number of carbonyl (C=O) groups is 1. The van der Waals surface area contributed by atoms with E-state index in [9.17, 15) is 4.79 Å². The lowest BCUT2D eigenvalue weighted by atomic mass is 9.93. The summed E-state index contributed by atoms with van der Waals surface area (Å²) in [6.45, 7) is 7.81. The zero-order valence-corrected chi connectivity index (χ0v) is 11.4. The minimum atomic E-state index is -0.409. The number of rotatable bonds is 4. The monoisotopic (exact) mass is 250 g/mol. The Morgan fingerprint density at radius 1 is 1.44 bits per heavy atom. The molecule has 1 aliphatic heterocycles. The van der Waals surface area contributed by atoms with Gasteiger partial charge in [-0.05, 0) is 13.8 Å². The molecular weight excluding hydrogens is 228 g/mol. The number of piperazine rings is 1. The fraction of sp³-hybridized carbons (Fsp3) is 0.692. The molecule has 1 N–H and O–H groups in total. The molecule has 2 rings (SSSR count). The van der Waals surface area contributed by atoms with E-state index < -0.39 is 5.54 Å². The van der Waals surface area contributed by atoms with Crippen LogP contribution in [0.1, 0.15) is 19.7 Å². The maximum Gasteiger partial charge on any atom is 0.160 e. The van der Waals surface area contributed by atoms with Gasteiger partial charge in [-0.25, -0.2) is 4.98 Å². The third-order valence-corrected chi connectivity index (χ3v) is 3.83. The standard InChI is InChI=1S/C13H22N4O/c1-13(2,17-8-4-14-5-9-17)11(18)10-12-15-6-7-16(12)3/h6-7,14H,4-5,8-10H2,1-3H3. The number of nitrogens with one attached hydrogen (secondary N) is 1. The van der Waals surface area contributed by atoms with Gasteiger partial charge in [0.15, 0.2) is 5.78 Å². The van der Waals surface area contributed by atoms with Gasteiger partial charge in [-0.2, -0.15) is 0 Å². The Morgan fingerprint density at radius 3 is 2.67 bits per heavy atom. The number of aryl methyl sites for hydroxylation is 1. The molecule has 0 radical (unpaired) electrons. The first-order valence-electron chi connectivity index (χ1n) is 6.47. The number of carbonyl (C=O) groups excluding carboxylic acids is 1. The number of imidazole rings is 1. The lowest BCUT2D eigenvalue weighted by molar-refractivity contribution is -0.129. The van der Waals surface area contributed by atoms with Gasteiger partial charge in [0.1, 0.15) is 5.82 Å². The number of hydrogen-bond acceptors (Lipinski definition) is 4. The lowest BCUT2D eigenvalue weighted by Crippen LogP contribution is -2.57. The van der Waals surface area contributed by atoms with Crippen LogP contribution < -0.4 is 5.32 Å². The van der Waals surface area contributed by atoms with Crippen LogP contribution in [0.15, 0.2) is 12.4 Å². The number of hydrogen-bond donors (Lipinski definition) is 1. The summed E-state index contributed by atoms with van der Waals surface area (Å²) in [6, 6.07) is 0. The Labute approximate surface area is 108 Å². The first kappa shape index (κ1) is 13.2. The van der Waals surface area contributed by atoms with Crippen molar-refractivity contribution in [2.75, 3.05) is 26.2 Å². The average molecular weight is 250 g/mol. The molecule has 0 atom stereocenters. The smallest absolute Gasteiger partial charge is 0.160 e. The highest BCUT2D eigenvalue weighted by Crippen LogP contribution is 2.18. The van der Waals surface area contributed by atoms with Gasteiger partial charge >= 0.3 is 0 Å². The fourth-order valence-corrected chi connectivity index (χ4v) is 2.33. The van der Waals surface area contributed by atoms with Crippen LogP contribution in [0.2, 0.25) is 0 Å². The molecule has 1 saturated heterocycles. The molecule has 0 saturated carbocycles. The van der Waals surface area contributed by atoms with Crippen LogP contribution in [-0.4, -0.2) is 52.0 Å². The largest absolute Gasteiger partial charge is 0.338 e. The van der Waals surface area contributed by atoms with Crippen molar-refractivity contribution in [2.45, 2.75) is 25.8 Å². The van der Waals surface area contributed by atoms with Crippen molar-refractivity contribution < 1.29 is 4.79 Å². The van der Waals surface area contributed by atoms with Crippen LogP contribution in [0.3, 0.4) is 0 Å². The Bertz CT molecular complexity index is 418. The van der Waals surface area contributed by atoms with E-state index in [0.29, 0.717) is 6.42 Å². The molecule has 0 aliphatic carbocycles. The quantitative estimate of drug-likeness (QED) is 0.830. The summed E-state index contributed by atoms with van der Waals surface area (Å²) in [7, 11) is 1.92. The molecule has 2 heterocycles. The molecule has 1 aromatic heterocycles. The maximum atomic E-state index is 12.5. The lowest BCUT2D eigenvalue weighted by Gasteiger charge is -2.39. The molecule has 5 nitrogen and oxygen atoms in total. The van der Waals surface area contributed by atoms with Crippen molar-refractivity contribution in [1.82, 2.24) is 19.8 Å². The van der Waals surface area contributed by atoms with Crippen molar-refractivity contribution in [2.24, 2.45) is 7.05 Å². The SMILES string of the molecule is Cn1ccnc1CC(=O)C(C)(C)N1CCNCC1. The minimum absolute atomic E-state index is 0.235. The van der Waals surface area contributed by atoms with Crippen LogP contribution in [0, 0.1) is 0 Å². The third-order valence-electron chi connectivity index (χ3n) is 3.83. The van der Waals surface area contributed by atoms with E-state index in [1.807, 2.05) is 31.7 Å². The summed E-state index contributed by atoms with van der Waals surface area (Å²) >= 11 is 0. The van der Waals surface area contributed by atoms with E-state index in [1.165, 1.54) is 0 Å². The highest BCUT2D eigenvalue weighted by Gasteiger charge is 2.35. The molecule has 0 unspecified atom stereocenters. The predicted molar refractivity (Wildman–Crippen MR) is 70.4 cm³/mol. The van der Waals surface area contributed by atoms with Gasteiger partial charge in [0.25, 0.3) is 0 Å². The highest BCUT2D eigenvalue weighted by molar-refractivity contribution is 5.88. The van der Waals surface area contributed by atoms with Crippen molar-refractivity contribution in [3.05, 3.63) is 18.2 Å². The second-order valence-electron chi connectivity index (χ2n) is 5.35. The Kier molecular flexibility index (Phi) is 3.82. The normalized spacial score (nSPS) is 17.9. The van der Waals surface area contributed by atoms with E-state index in [1.54, 1.807) is 6.20 Å². The molecule has 0 aromatic carbocycles. The van der Waals surface area contributed by atoms with E-state index in [-0.39, 0.29) is 5.78 Å². The predicted octanol–water partition coefficient (Wildman–Crippen LogP) is 0.216. The number of nitrogens with zero attached hydrogens (tertiary/aromatic N) is 3. The number of Topliss-reactive ketones (excluding diaryl/α,β-unsaturated/α-hetero) is 1. The summed E-state index contributed by atoms with van der Waals surface area (Å²) in [5.74, 6) is 1.07. The Morgan fingerprint density at radius 2 is 2.11 bits per heavy atom. The summed E-state index contributed by atoms with van der Waals surface area (Å²) < 4.78 is 1.91. The molecule has 1 aromatic rings. The van der Waals surface area contributed by atoms with Crippen molar-refractivity contribution in [3.8, 4) is 0 Å². The van der Waals surface area contributed by atoms with Crippen LogP contribution in [-0.2, 0) is 18.3 Å². The second kappa shape index (κ2) is 5.20. The fourth-order valence-electron chi connectivity index (χ4n) is 2.33. The minimum Gasteiger partial charge on any atom is -0.338 e. The number of aromatic nitrogens is 2. The van der Waals surface area contributed by atoms with E-state index in [0.717, 1.165) is 32.0 Å². The van der Waals surface area contributed by atoms with Crippen LogP contribution in [0.4, 0.5) is 0 Å². The van der Waals surface area contributed by atoms with Gasteiger partial charge < -0.3 is 9.88 Å². The van der Waals surface area contributed by atoms with Gasteiger partial charge in [0.05, 0.1) is 12.0 Å². The average Bonchev–Trinajstić information content (AvgIpc) is 2.76. The third kappa shape index (κ3) is 2.62. The van der Waals surface area contributed by atoms with E-state index in [2.05, 4.69) is 15.2 Å². The molecule has 1 fully saturated rings. The zero-order valence-electron chi connectivity index (χ0n) is 11.4. The molecule has 1 aliphatic rings. The molecule has 5 heteroatoms. The second-order valence-corrected chi connectivity index (χ2v) is 5.35. The van der Waals surface area contributed by atoms with Gasteiger partial charge in [0.2, 0.25) is 0 Å². The molecular formula is C13H22N4O. The molecule has 0 bridgehead atoms. The summed E-state index contributed by atoms with van der Waals surface area (Å²) in [5.41, 5.74) is -0.409. The van der Waals surface area contributed by atoms with Crippen LogP contribution in [0.5, 0.6) is 0 Å². The van der Waals surface area contributed by atoms with Crippen molar-refractivity contribution in [3.63, 3.8) is 0 Å². The first-order chi connectivity index (χ1) is 8.51. The first-order valence-corrected chi connectivity index (χ1v) is 6.47. The summed E-state index contributed by atoms with van der Waals surface area (Å²) in [6.07, 6.45) is 4.02. The summed E-state index contributed by atoms with van der Waals surface area (Å²) in [5, 5.41) is 3.31. The van der Waals surface area contributed by atoms with Gasteiger partial charge in [-0.3, -0.25) is 9.69 Å². The van der Waals surface area contributed by atoms with Gasteiger partial charge in [-0.1, -0.05) is 0 Å². The Hall–Kier alpha value is -1.20. The zero-order chi connectivity index (χ0) is 13.2. The number of ketones is 1. The van der Waals surface area contributed by atoms with Crippen LogP contribution >= 0.6 is 0 Å². The Balaban J connectivity index is 2.04. The molecule has 0 spiro atoms. The topological polar surface area (TPSA) is 50.2 Å². The van der Waals surface area contributed by atoms with Crippen molar-refractivity contribution >= 4 is 5.78 Å². The van der Waals surface area contributed by atoms with Gasteiger partial charge in [0, 0.05) is 45.6 Å². The molecule has 100 valence electrons. The molecule has 0 amide bonds. The van der Waals surface area contributed by atoms with E-state index >= 15 is 0 Å². The van der Waals surface area contributed by atoms with Crippen molar-refractivity contribution in [1.29, 1.82) is 0 Å². The van der Waals surface area contributed by atoms with Crippen LogP contribution in [0.25, 0.3) is 0 Å². The van der Waals surface area contributed by atoms with E-state index in [4.69, 9.17) is 0 Å². The summed E-state index contributed by atoms with van der Waals surface area (Å²) in [4.78, 5) is 19.0. The molecule has 18 heavy (non-hydrogen) atoms. The van der Waals surface area contributed by atoms with Gasteiger partial charge in [-0.15, -0.1) is 0 Å². The maximum absolute atomic E-state index is 12.5.